The van der Waals surface area contributed by atoms with Gasteiger partial charge >= 0.3 is 5.97 Å². The van der Waals surface area contributed by atoms with Gasteiger partial charge in [-0.2, -0.15) is 0 Å². The fourth-order valence-electron chi connectivity index (χ4n) is 1.28. The predicted molar refractivity (Wildman–Crippen MR) is 41.3 cm³/mol. The molecule has 0 aromatic carbocycles. The predicted octanol–water partition coefficient (Wildman–Crippen LogP) is -0.320. The van der Waals surface area contributed by atoms with Gasteiger partial charge in [-0.3, -0.25) is 4.79 Å². The molecule has 0 aliphatic carbocycles. The summed E-state index contributed by atoms with van der Waals surface area (Å²) in [6.45, 7) is 1.96. The summed E-state index contributed by atoms with van der Waals surface area (Å²) in [5, 5.41) is 2.46. The summed E-state index contributed by atoms with van der Waals surface area (Å²) >= 11 is 0. The number of amides is 1. The summed E-state index contributed by atoms with van der Waals surface area (Å²) in [5.41, 5.74) is 0.161. The Labute approximate surface area is 74.7 Å². The largest absolute Gasteiger partial charge is 0.483 e. The second kappa shape index (κ2) is 2.76. The van der Waals surface area contributed by atoms with E-state index in [1.807, 2.05) is 0 Å². The Kier molecular flexibility index (Phi) is 1.72. The van der Waals surface area contributed by atoms with E-state index in [9.17, 15) is 9.59 Å². The molecule has 0 radical (unpaired) electrons. The first kappa shape index (κ1) is 8.10. The van der Waals surface area contributed by atoms with Gasteiger partial charge < -0.3 is 14.8 Å². The van der Waals surface area contributed by atoms with Crippen molar-refractivity contribution in [3.8, 4) is 0 Å². The minimum atomic E-state index is -0.523. The summed E-state index contributed by atoms with van der Waals surface area (Å²) < 4.78 is 9.98. The molecule has 1 N–H and O–H groups in total. The van der Waals surface area contributed by atoms with Crippen molar-refractivity contribution in [3.05, 3.63) is 11.5 Å². The average molecular weight is 183 g/mol. The highest BCUT2D eigenvalue weighted by Gasteiger charge is 2.32. The van der Waals surface area contributed by atoms with Crippen LogP contribution in [0.25, 0.3) is 0 Å². The fourth-order valence-corrected chi connectivity index (χ4v) is 1.28. The van der Waals surface area contributed by atoms with Gasteiger partial charge in [0, 0.05) is 6.42 Å². The molecule has 0 bridgehead atoms. The van der Waals surface area contributed by atoms with Crippen molar-refractivity contribution in [2.45, 2.75) is 19.4 Å². The average Bonchev–Trinajstić information content (AvgIpc) is 2.09. The van der Waals surface area contributed by atoms with Crippen LogP contribution in [0, 0.1) is 0 Å². The molecule has 0 aromatic heterocycles. The third kappa shape index (κ3) is 1.26. The van der Waals surface area contributed by atoms with E-state index in [0.717, 1.165) is 0 Å². The van der Waals surface area contributed by atoms with Crippen molar-refractivity contribution in [1.82, 2.24) is 5.32 Å². The molecule has 13 heavy (non-hydrogen) atoms. The Bertz CT molecular complexity index is 307. The van der Waals surface area contributed by atoms with Crippen LogP contribution in [0.5, 0.6) is 0 Å². The molecular weight excluding hydrogens is 174 g/mol. The lowest BCUT2D eigenvalue weighted by Gasteiger charge is -2.27. The van der Waals surface area contributed by atoms with Crippen LogP contribution in [0.2, 0.25) is 0 Å². The first-order chi connectivity index (χ1) is 6.18. The lowest BCUT2D eigenvalue weighted by molar-refractivity contribution is -0.146. The quantitative estimate of drug-likeness (QED) is 0.523. The molecule has 1 amide bonds. The van der Waals surface area contributed by atoms with Gasteiger partial charge in [-0.25, -0.2) is 4.79 Å². The Morgan fingerprint density at radius 3 is 3.00 bits per heavy atom. The van der Waals surface area contributed by atoms with Gasteiger partial charge in [0.1, 0.15) is 5.76 Å². The normalized spacial score (nSPS) is 27.3. The maximum Gasteiger partial charge on any atom is 0.358 e. The molecule has 0 aromatic rings. The minimum absolute atomic E-state index is 0.161. The number of ether oxygens (including phenoxy) is 2. The summed E-state index contributed by atoms with van der Waals surface area (Å²) in [4.78, 5) is 22.2. The van der Waals surface area contributed by atoms with Gasteiger partial charge in [-0.1, -0.05) is 0 Å². The van der Waals surface area contributed by atoms with Crippen LogP contribution >= 0.6 is 0 Å². The van der Waals surface area contributed by atoms with Gasteiger partial charge in [-0.05, 0) is 6.92 Å². The van der Waals surface area contributed by atoms with Crippen molar-refractivity contribution in [3.63, 3.8) is 0 Å². The van der Waals surface area contributed by atoms with E-state index in [1.165, 1.54) is 0 Å². The van der Waals surface area contributed by atoms with Crippen molar-refractivity contribution in [2.75, 3.05) is 6.61 Å². The first-order valence-electron chi connectivity index (χ1n) is 4.06. The van der Waals surface area contributed by atoms with Gasteiger partial charge in [0.15, 0.2) is 11.8 Å². The van der Waals surface area contributed by atoms with Crippen LogP contribution in [0.3, 0.4) is 0 Å². The minimum Gasteiger partial charge on any atom is -0.483 e. The molecule has 0 spiro atoms. The standard InChI is InChI=1S/C8H9NO4/c1-4-7(10)9-6-5(13-4)2-3-12-8(6)11/h4H,2-3H2,1H3,(H,9,10)/t4-/m1/s1. The Morgan fingerprint density at radius 2 is 2.23 bits per heavy atom. The molecule has 0 saturated heterocycles. The SMILES string of the molecule is C[C@H]1OC2=C(NC1=O)C(=O)OCC2. The second-order valence-electron chi connectivity index (χ2n) is 2.93. The molecule has 0 unspecified atom stereocenters. The summed E-state index contributed by atoms with van der Waals surface area (Å²) in [6.07, 6.45) is 0.00995. The summed E-state index contributed by atoms with van der Waals surface area (Å²) in [6, 6.07) is 0. The van der Waals surface area contributed by atoms with E-state index >= 15 is 0 Å². The number of hydrogen-bond donors (Lipinski definition) is 1. The van der Waals surface area contributed by atoms with Crippen molar-refractivity contribution in [1.29, 1.82) is 0 Å². The molecular formula is C8H9NO4. The van der Waals surface area contributed by atoms with Crippen molar-refractivity contribution < 1.29 is 19.1 Å². The molecule has 70 valence electrons. The van der Waals surface area contributed by atoms with E-state index in [0.29, 0.717) is 18.8 Å². The van der Waals surface area contributed by atoms with E-state index in [4.69, 9.17) is 9.47 Å². The molecule has 5 heteroatoms. The number of rotatable bonds is 0. The van der Waals surface area contributed by atoms with Gasteiger partial charge in [0.2, 0.25) is 0 Å². The molecule has 5 nitrogen and oxygen atoms in total. The Morgan fingerprint density at radius 1 is 1.46 bits per heavy atom. The Balaban J connectivity index is 2.31. The van der Waals surface area contributed by atoms with E-state index in [1.54, 1.807) is 6.92 Å². The molecule has 2 rings (SSSR count). The highest BCUT2D eigenvalue weighted by Crippen LogP contribution is 2.21. The number of hydrogen-bond acceptors (Lipinski definition) is 4. The number of cyclic esters (lactones) is 1. The highest BCUT2D eigenvalue weighted by atomic mass is 16.5. The van der Waals surface area contributed by atoms with Crippen LogP contribution < -0.4 is 5.32 Å². The molecule has 0 saturated carbocycles. The Hall–Kier alpha value is -1.52. The third-order valence-corrected chi connectivity index (χ3v) is 1.98. The van der Waals surface area contributed by atoms with E-state index in [-0.39, 0.29) is 11.6 Å². The lowest BCUT2D eigenvalue weighted by atomic mass is 10.2. The zero-order valence-electron chi connectivity index (χ0n) is 7.12. The van der Waals surface area contributed by atoms with Crippen LogP contribution in [0.15, 0.2) is 11.5 Å². The van der Waals surface area contributed by atoms with Gasteiger partial charge in [0.25, 0.3) is 5.91 Å². The summed E-state index contributed by atoms with van der Waals surface area (Å²) in [5.74, 6) is -0.289. The molecule has 2 aliphatic heterocycles. The summed E-state index contributed by atoms with van der Waals surface area (Å²) in [7, 11) is 0. The first-order valence-corrected chi connectivity index (χ1v) is 4.06. The number of carbonyl (C=O) groups excluding carboxylic acids is 2. The molecule has 2 heterocycles. The third-order valence-electron chi connectivity index (χ3n) is 1.98. The number of esters is 1. The number of carbonyl (C=O) groups is 2. The van der Waals surface area contributed by atoms with Crippen LogP contribution in [-0.4, -0.2) is 24.6 Å². The van der Waals surface area contributed by atoms with Crippen LogP contribution in [-0.2, 0) is 19.1 Å². The van der Waals surface area contributed by atoms with Gasteiger partial charge in [-0.15, -0.1) is 0 Å². The number of nitrogens with one attached hydrogen (secondary N) is 1. The fraction of sp³-hybridized carbons (Fsp3) is 0.500. The molecule has 2 aliphatic rings. The lowest BCUT2D eigenvalue weighted by Crippen LogP contribution is -2.44. The second-order valence-corrected chi connectivity index (χ2v) is 2.93. The topological polar surface area (TPSA) is 64.6 Å². The smallest absolute Gasteiger partial charge is 0.358 e. The van der Waals surface area contributed by atoms with Crippen molar-refractivity contribution in [2.24, 2.45) is 0 Å². The maximum atomic E-state index is 11.1. The molecule has 1 atom stereocenters. The molecule has 0 fully saturated rings. The van der Waals surface area contributed by atoms with Crippen LogP contribution in [0.4, 0.5) is 0 Å². The monoisotopic (exact) mass is 183 g/mol. The maximum absolute atomic E-state index is 11.1. The zero-order chi connectivity index (χ0) is 9.42. The van der Waals surface area contributed by atoms with Crippen molar-refractivity contribution >= 4 is 11.9 Å². The van der Waals surface area contributed by atoms with Crippen LogP contribution in [0.1, 0.15) is 13.3 Å². The van der Waals surface area contributed by atoms with Gasteiger partial charge in [0.05, 0.1) is 6.61 Å². The van der Waals surface area contributed by atoms with E-state index < -0.39 is 12.1 Å². The zero-order valence-corrected chi connectivity index (χ0v) is 7.12. The van der Waals surface area contributed by atoms with E-state index in [2.05, 4.69) is 5.32 Å². The highest BCUT2D eigenvalue weighted by molar-refractivity contribution is 5.97.